The number of hydrogen-bond acceptors (Lipinski definition) is 2. The molecule has 0 radical (unpaired) electrons. The number of guanidine groups is 1. The normalized spacial score (nSPS) is 10.9. The molecule has 80 valence electrons. The van der Waals surface area contributed by atoms with Gasteiger partial charge >= 0.3 is 0 Å². The molecule has 0 fully saturated rings. The van der Waals surface area contributed by atoms with Gasteiger partial charge in [0.15, 0.2) is 5.96 Å². The Morgan fingerprint density at radius 2 is 2.40 bits per heavy atom. The van der Waals surface area contributed by atoms with Crippen LogP contribution in [0.4, 0.5) is 0 Å². The molecule has 4 nitrogen and oxygen atoms in total. The molecule has 0 atom stereocenters. The summed E-state index contributed by atoms with van der Waals surface area (Å²) in [5.74, 6) is 0.751. The van der Waals surface area contributed by atoms with Crippen molar-refractivity contribution in [2.24, 2.45) is 4.99 Å². The smallest absolute Gasteiger partial charge is 0.191 e. The fourth-order valence-electron chi connectivity index (χ4n) is 1.07. The summed E-state index contributed by atoms with van der Waals surface area (Å²) in [6.45, 7) is 4.99. The van der Waals surface area contributed by atoms with E-state index in [1.54, 1.807) is 19.3 Å². The first-order chi connectivity index (χ1) is 7.36. The maximum atomic E-state index is 4.20. The van der Waals surface area contributed by atoms with Crippen molar-refractivity contribution in [2.45, 2.75) is 6.54 Å². The van der Waals surface area contributed by atoms with E-state index in [0.29, 0.717) is 13.1 Å². The van der Waals surface area contributed by atoms with Gasteiger partial charge in [-0.25, -0.2) is 0 Å². The van der Waals surface area contributed by atoms with Crippen LogP contribution in [0.25, 0.3) is 0 Å². The quantitative estimate of drug-likeness (QED) is 0.436. The molecule has 0 saturated heterocycles. The number of rotatable bonds is 4. The zero-order chi connectivity index (χ0) is 10.9. The molecule has 0 aliphatic rings. The van der Waals surface area contributed by atoms with Crippen molar-refractivity contribution in [1.82, 2.24) is 15.6 Å². The Morgan fingerprint density at radius 1 is 1.53 bits per heavy atom. The van der Waals surface area contributed by atoms with Crippen molar-refractivity contribution in [3.05, 3.63) is 42.7 Å². The van der Waals surface area contributed by atoms with Crippen LogP contribution in [-0.2, 0) is 6.54 Å². The minimum atomic E-state index is 0.664. The molecule has 1 aromatic heterocycles. The van der Waals surface area contributed by atoms with Crippen LogP contribution < -0.4 is 10.6 Å². The van der Waals surface area contributed by atoms with Crippen LogP contribution in [0.5, 0.6) is 0 Å². The predicted molar refractivity (Wildman–Crippen MR) is 62.6 cm³/mol. The number of aliphatic imine (C=N–C) groups is 1. The van der Waals surface area contributed by atoms with Gasteiger partial charge in [0.1, 0.15) is 0 Å². The lowest BCUT2D eigenvalue weighted by atomic mass is 10.3. The highest BCUT2D eigenvalue weighted by Gasteiger charge is 1.96. The minimum Gasteiger partial charge on any atom is -0.353 e. The van der Waals surface area contributed by atoms with Crippen molar-refractivity contribution >= 4 is 5.96 Å². The Labute approximate surface area is 90.1 Å². The molecule has 1 aromatic rings. The minimum absolute atomic E-state index is 0.664. The molecular formula is C11H16N4. The monoisotopic (exact) mass is 204 g/mol. The molecule has 2 N–H and O–H groups in total. The van der Waals surface area contributed by atoms with Gasteiger partial charge in [0.05, 0.1) is 12.2 Å². The summed E-state index contributed by atoms with van der Waals surface area (Å²) in [5, 5.41) is 6.23. The molecule has 0 unspecified atom stereocenters. The first-order valence-corrected chi connectivity index (χ1v) is 4.82. The third-order valence-corrected chi connectivity index (χ3v) is 1.80. The molecule has 0 saturated carbocycles. The fourth-order valence-corrected chi connectivity index (χ4v) is 1.07. The molecule has 1 rings (SSSR count). The van der Waals surface area contributed by atoms with Crippen LogP contribution in [0.3, 0.4) is 0 Å². The Balaban J connectivity index is 2.38. The van der Waals surface area contributed by atoms with E-state index in [2.05, 4.69) is 27.2 Å². The van der Waals surface area contributed by atoms with Gasteiger partial charge in [-0.3, -0.25) is 9.98 Å². The lowest BCUT2D eigenvalue weighted by molar-refractivity contribution is 0.823. The molecule has 0 aromatic carbocycles. The molecule has 0 amide bonds. The van der Waals surface area contributed by atoms with Crippen LogP contribution >= 0.6 is 0 Å². The lowest BCUT2D eigenvalue weighted by Crippen LogP contribution is -2.36. The van der Waals surface area contributed by atoms with E-state index in [4.69, 9.17) is 0 Å². The van der Waals surface area contributed by atoms with Crippen LogP contribution in [0, 0.1) is 0 Å². The standard InChI is InChI=1S/C11H16N4/c1-3-7-14-11(12-2)15-9-10-6-4-5-8-13-10/h3-6,8H,1,7,9H2,2H3,(H2,12,14,15). The first kappa shape index (κ1) is 11.2. The first-order valence-electron chi connectivity index (χ1n) is 4.82. The summed E-state index contributed by atoms with van der Waals surface area (Å²) in [7, 11) is 1.73. The SMILES string of the molecule is C=CCNC(=NC)NCc1ccccn1. The zero-order valence-electron chi connectivity index (χ0n) is 8.90. The number of nitrogens with one attached hydrogen (secondary N) is 2. The van der Waals surface area contributed by atoms with E-state index in [1.807, 2.05) is 18.2 Å². The summed E-state index contributed by atoms with van der Waals surface area (Å²) in [6, 6.07) is 5.83. The average Bonchev–Trinajstić information content (AvgIpc) is 2.31. The Hall–Kier alpha value is -1.84. The van der Waals surface area contributed by atoms with Gasteiger partial charge in [-0.2, -0.15) is 0 Å². The molecule has 15 heavy (non-hydrogen) atoms. The summed E-state index contributed by atoms with van der Waals surface area (Å²) in [4.78, 5) is 8.26. The van der Waals surface area contributed by atoms with Gasteiger partial charge in [0.25, 0.3) is 0 Å². The summed E-state index contributed by atoms with van der Waals surface area (Å²) >= 11 is 0. The van der Waals surface area contributed by atoms with Crippen LogP contribution in [-0.4, -0.2) is 24.5 Å². The van der Waals surface area contributed by atoms with Gasteiger partial charge in [0.2, 0.25) is 0 Å². The van der Waals surface area contributed by atoms with E-state index in [-0.39, 0.29) is 0 Å². The maximum Gasteiger partial charge on any atom is 0.191 e. The highest BCUT2D eigenvalue weighted by molar-refractivity contribution is 5.79. The number of hydrogen-bond donors (Lipinski definition) is 2. The van der Waals surface area contributed by atoms with Gasteiger partial charge in [-0.05, 0) is 12.1 Å². The molecule has 4 heteroatoms. The fraction of sp³-hybridized carbons (Fsp3) is 0.273. The molecule has 0 spiro atoms. The van der Waals surface area contributed by atoms with Gasteiger partial charge < -0.3 is 10.6 Å². The van der Waals surface area contributed by atoms with Crippen molar-refractivity contribution in [2.75, 3.05) is 13.6 Å². The highest BCUT2D eigenvalue weighted by atomic mass is 15.2. The van der Waals surface area contributed by atoms with E-state index in [1.165, 1.54) is 0 Å². The third kappa shape index (κ3) is 4.26. The number of aromatic nitrogens is 1. The summed E-state index contributed by atoms with van der Waals surface area (Å²) in [6.07, 6.45) is 3.56. The van der Waals surface area contributed by atoms with E-state index < -0.39 is 0 Å². The lowest BCUT2D eigenvalue weighted by Gasteiger charge is -2.09. The van der Waals surface area contributed by atoms with Gasteiger partial charge in [0, 0.05) is 19.8 Å². The predicted octanol–water partition coefficient (Wildman–Crippen LogP) is 0.933. The third-order valence-electron chi connectivity index (χ3n) is 1.80. The second-order valence-corrected chi connectivity index (χ2v) is 2.92. The zero-order valence-corrected chi connectivity index (χ0v) is 8.90. The van der Waals surface area contributed by atoms with E-state index in [0.717, 1.165) is 11.7 Å². The Morgan fingerprint density at radius 3 is 3.00 bits per heavy atom. The Bertz CT molecular complexity index is 319. The second-order valence-electron chi connectivity index (χ2n) is 2.92. The number of pyridine rings is 1. The van der Waals surface area contributed by atoms with Crippen molar-refractivity contribution < 1.29 is 0 Å². The Kier molecular flexibility index (Phi) is 4.94. The van der Waals surface area contributed by atoms with Gasteiger partial charge in [-0.15, -0.1) is 6.58 Å². The second kappa shape index (κ2) is 6.59. The van der Waals surface area contributed by atoms with Crippen LogP contribution in [0.1, 0.15) is 5.69 Å². The van der Waals surface area contributed by atoms with Crippen molar-refractivity contribution in [3.8, 4) is 0 Å². The molecule has 0 aliphatic carbocycles. The highest BCUT2D eigenvalue weighted by Crippen LogP contribution is 1.91. The average molecular weight is 204 g/mol. The topological polar surface area (TPSA) is 49.3 Å². The molecule has 1 heterocycles. The van der Waals surface area contributed by atoms with Gasteiger partial charge in [-0.1, -0.05) is 12.1 Å². The maximum absolute atomic E-state index is 4.20. The largest absolute Gasteiger partial charge is 0.353 e. The van der Waals surface area contributed by atoms with Crippen molar-refractivity contribution in [1.29, 1.82) is 0 Å². The molecule has 0 bridgehead atoms. The number of nitrogens with zero attached hydrogens (tertiary/aromatic N) is 2. The van der Waals surface area contributed by atoms with Crippen LogP contribution in [0.2, 0.25) is 0 Å². The summed E-state index contributed by atoms with van der Waals surface area (Å²) in [5.41, 5.74) is 0.985. The van der Waals surface area contributed by atoms with E-state index in [9.17, 15) is 0 Å². The van der Waals surface area contributed by atoms with E-state index >= 15 is 0 Å². The van der Waals surface area contributed by atoms with Crippen molar-refractivity contribution in [3.63, 3.8) is 0 Å². The molecular weight excluding hydrogens is 188 g/mol. The summed E-state index contributed by atoms with van der Waals surface area (Å²) < 4.78 is 0. The molecule has 0 aliphatic heterocycles. The van der Waals surface area contributed by atoms with Crippen LogP contribution in [0.15, 0.2) is 42.0 Å².